The Morgan fingerprint density at radius 1 is 1.07 bits per heavy atom. The van der Waals surface area contributed by atoms with Crippen LogP contribution in [0.5, 0.6) is 0 Å². The molecule has 0 aromatic heterocycles. The fourth-order valence-electron chi connectivity index (χ4n) is 2.20. The Kier molecular flexibility index (Phi) is 7.06. The van der Waals surface area contributed by atoms with Crippen molar-refractivity contribution in [2.75, 3.05) is 5.32 Å². The van der Waals surface area contributed by atoms with Crippen LogP contribution < -0.4 is 16.0 Å². The van der Waals surface area contributed by atoms with Gasteiger partial charge in [-0.2, -0.15) is 0 Å². The molecule has 28 heavy (non-hydrogen) atoms. The molecule has 0 bridgehead atoms. The van der Waals surface area contributed by atoms with Gasteiger partial charge >= 0.3 is 6.03 Å². The molecule has 3 N–H and O–H groups in total. The third-order valence-electron chi connectivity index (χ3n) is 3.47. The molecule has 8 nitrogen and oxygen atoms in total. The van der Waals surface area contributed by atoms with E-state index in [1.165, 1.54) is 18.2 Å². The Labute approximate surface area is 175 Å². The third-order valence-corrected chi connectivity index (χ3v) is 4.13. The first-order valence-corrected chi connectivity index (χ1v) is 8.96. The SMILES string of the molecule is Cc1cccc(C(=O)NC(NC(=O)Nc2cccc([N+](=O)[O-])c2)C(Cl)(Cl)Cl)c1. The lowest BCUT2D eigenvalue weighted by Crippen LogP contribution is -2.56. The number of rotatable bonds is 5. The van der Waals surface area contributed by atoms with Crippen molar-refractivity contribution in [3.8, 4) is 0 Å². The number of nitro benzene ring substituents is 1. The molecular formula is C17H15Cl3N4O4. The number of nitrogens with one attached hydrogen (secondary N) is 3. The van der Waals surface area contributed by atoms with Gasteiger partial charge in [0.2, 0.25) is 3.79 Å². The first kappa shape index (κ1) is 21.7. The predicted molar refractivity (Wildman–Crippen MR) is 108 cm³/mol. The van der Waals surface area contributed by atoms with Crippen LogP contribution in [0.15, 0.2) is 48.5 Å². The summed E-state index contributed by atoms with van der Waals surface area (Å²) >= 11 is 17.6. The predicted octanol–water partition coefficient (Wildman–Crippen LogP) is 4.15. The van der Waals surface area contributed by atoms with Gasteiger partial charge in [0.1, 0.15) is 0 Å². The van der Waals surface area contributed by atoms with Gasteiger partial charge in [-0.15, -0.1) is 0 Å². The molecule has 148 valence electrons. The highest BCUT2D eigenvalue weighted by Gasteiger charge is 2.35. The molecule has 0 fully saturated rings. The molecule has 0 radical (unpaired) electrons. The number of anilines is 1. The highest BCUT2D eigenvalue weighted by atomic mass is 35.6. The van der Waals surface area contributed by atoms with Crippen molar-refractivity contribution >= 4 is 58.1 Å². The van der Waals surface area contributed by atoms with E-state index >= 15 is 0 Å². The number of hydrogen-bond donors (Lipinski definition) is 3. The lowest BCUT2D eigenvalue weighted by Gasteiger charge is -2.26. The van der Waals surface area contributed by atoms with Gasteiger partial charge in [0.05, 0.1) is 4.92 Å². The van der Waals surface area contributed by atoms with E-state index in [1.54, 1.807) is 18.2 Å². The summed E-state index contributed by atoms with van der Waals surface area (Å²) in [6, 6.07) is 11.2. The highest BCUT2D eigenvalue weighted by Crippen LogP contribution is 2.29. The summed E-state index contributed by atoms with van der Waals surface area (Å²) in [7, 11) is 0. The number of non-ortho nitro benzene ring substituents is 1. The summed E-state index contributed by atoms with van der Waals surface area (Å²) in [4.78, 5) is 34.8. The minimum Gasteiger partial charge on any atom is -0.328 e. The van der Waals surface area contributed by atoms with Crippen LogP contribution in [-0.4, -0.2) is 26.8 Å². The first-order valence-electron chi connectivity index (χ1n) is 7.82. The molecule has 1 atom stereocenters. The number of nitrogens with zero attached hydrogens (tertiary/aromatic N) is 1. The van der Waals surface area contributed by atoms with Crippen molar-refractivity contribution in [1.29, 1.82) is 0 Å². The van der Waals surface area contributed by atoms with E-state index in [1.807, 2.05) is 13.0 Å². The summed E-state index contributed by atoms with van der Waals surface area (Å²) in [6.45, 7) is 1.81. The Balaban J connectivity index is 2.09. The fraction of sp³-hybridized carbons (Fsp3) is 0.176. The molecule has 11 heteroatoms. The van der Waals surface area contributed by atoms with Crippen LogP contribution in [0.1, 0.15) is 15.9 Å². The number of halogens is 3. The van der Waals surface area contributed by atoms with Crippen LogP contribution in [-0.2, 0) is 0 Å². The largest absolute Gasteiger partial charge is 0.328 e. The molecule has 2 rings (SSSR count). The summed E-state index contributed by atoms with van der Waals surface area (Å²) in [5.74, 6) is -0.560. The lowest BCUT2D eigenvalue weighted by molar-refractivity contribution is -0.384. The third kappa shape index (κ3) is 6.26. The van der Waals surface area contributed by atoms with Crippen LogP contribution in [0.4, 0.5) is 16.2 Å². The molecule has 0 aliphatic heterocycles. The van der Waals surface area contributed by atoms with Gasteiger partial charge in [0.25, 0.3) is 11.6 Å². The van der Waals surface area contributed by atoms with Gasteiger partial charge in [-0.05, 0) is 25.1 Å². The quantitative estimate of drug-likeness (QED) is 0.278. The summed E-state index contributed by atoms with van der Waals surface area (Å²) in [5.41, 5.74) is 1.12. The number of nitro groups is 1. The van der Waals surface area contributed by atoms with Gasteiger partial charge < -0.3 is 16.0 Å². The summed E-state index contributed by atoms with van der Waals surface area (Å²) in [6.07, 6.45) is -1.37. The molecule has 0 saturated heterocycles. The zero-order valence-corrected chi connectivity index (χ0v) is 16.7. The average Bonchev–Trinajstić information content (AvgIpc) is 2.60. The highest BCUT2D eigenvalue weighted by molar-refractivity contribution is 6.68. The normalized spacial score (nSPS) is 12.0. The Hall–Kier alpha value is -2.55. The fourth-order valence-corrected chi connectivity index (χ4v) is 2.52. The molecule has 0 heterocycles. The maximum atomic E-state index is 12.4. The molecule has 3 amide bonds. The molecule has 2 aromatic rings. The van der Waals surface area contributed by atoms with Crippen LogP contribution in [0.2, 0.25) is 0 Å². The second-order valence-corrected chi connectivity index (χ2v) is 8.09. The number of carbonyl (C=O) groups excluding carboxylic acids is 2. The smallest absolute Gasteiger partial charge is 0.320 e. The average molecular weight is 446 g/mol. The van der Waals surface area contributed by atoms with Crippen molar-refractivity contribution < 1.29 is 14.5 Å². The maximum Gasteiger partial charge on any atom is 0.320 e. The minimum absolute atomic E-state index is 0.153. The standard InChI is InChI=1S/C17H15Cl3N4O4/c1-10-4-2-5-11(8-10)14(25)22-15(17(18,19)20)23-16(26)21-12-6-3-7-13(9-12)24(27)28/h2-9,15H,1H3,(H,22,25)(H2,21,23,26). The number of urea groups is 1. The van der Waals surface area contributed by atoms with Gasteiger partial charge in [0.15, 0.2) is 6.17 Å². The van der Waals surface area contributed by atoms with E-state index in [-0.39, 0.29) is 11.4 Å². The summed E-state index contributed by atoms with van der Waals surface area (Å²) < 4.78 is -2.06. The minimum atomic E-state index is -2.06. The Bertz CT molecular complexity index is 902. The molecule has 0 aliphatic rings. The van der Waals surface area contributed by atoms with E-state index in [0.717, 1.165) is 11.6 Å². The molecule has 2 aromatic carbocycles. The topological polar surface area (TPSA) is 113 Å². The van der Waals surface area contributed by atoms with Crippen molar-refractivity contribution in [3.05, 3.63) is 69.8 Å². The summed E-state index contributed by atoms with van der Waals surface area (Å²) in [5, 5.41) is 17.9. The zero-order valence-electron chi connectivity index (χ0n) is 14.4. The van der Waals surface area contributed by atoms with Crippen molar-refractivity contribution in [2.45, 2.75) is 16.9 Å². The van der Waals surface area contributed by atoms with Crippen molar-refractivity contribution in [3.63, 3.8) is 0 Å². The monoisotopic (exact) mass is 444 g/mol. The van der Waals surface area contributed by atoms with Gasteiger partial charge in [0, 0.05) is 23.4 Å². The van der Waals surface area contributed by atoms with Crippen LogP contribution >= 0.6 is 34.8 Å². The van der Waals surface area contributed by atoms with Crippen molar-refractivity contribution in [2.24, 2.45) is 0 Å². The molecule has 0 aliphatic carbocycles. The number of carbonyl (C=O) groups is 2. The van der Waals surface area contributed by atoms with E-state index in [9.17, 15) is 19.7 Å². The second-order valence-electron chi connectivity index (χ2n) is 5.72. The van der Waals surface area contributed by atoms with Crippen LogP contribution in [0.3, 0.4) is 0 Å². The number of hydrogen-bond acceptors (Lipinski definition) is 4. The molecular weight excluding hydrogens is 431 g/mol. The number of amides is 3. The zero-order chi connectivity index (χ0) is 20.9. The van der Waals surface area contributed by atoms with E-state index in [4.69, 9.17) is 34.8 Å². The number of alkyl halides is 3. The molecule has 1 unspecified atom stereocenters. The van der Waals surface area contributed by atoms with Crippen molar-refractivity contribution in [1.82, 2.24) is 10.6 Å². The van der Waals surface area contributed by atoms with Crippen LogP contribution in [0.25, 0.3) is 0 Å². The van der Waals surface area contributed by atoms with Gasteiger partial charge in [-0.3, -0.25) is 14.9 Å². The molecule has 0 saturated carbocycles. The van der Waals surface area contributed by atoms with E-state index < -0.39 is 26.8 Å². The molecule has 0 spiro atoms. The van der Waals surface area contributed by atoms with Gasteiger partial charge in [-0.1, -0.05) is 58.6 Å². The van der Waals surface area contributed by atoms with E-state index in [0.29, 0.717) is 5.56 Å². The Morgan fingerprint density at radius 3 is 2.36 bits per heavy atom. The van der Waals surface area contributed by atoms with Crippen LogP contribution in [0, 0.1) is 17.0 Å². The first-order chi connectivity index (χ1) is 13.1. The van der Waals surface area contributed by atoms with E-state index in [2.05, 4.69) is 16.0 Å². The number of benzene rings is 2. The Morgan fingerprint density at radius 2 is 1.75 bits per heavy atom. The second kappa shape index (κ2) is 9.09. The number of aryl methyl sites for hydroxylation is 1. The lowest BCUT2D eigenvalue weighted by atomic mass is 10.1. The van der Waals surface area contributed by atoms with Gasteiger partial charge in [-0.25, -0.2) is 4.79 Å². The maximum absolute atomic E-state index is 12.4.